The van der Waals surface area contributed by atoms with Crippen LogP contribution in [0.25, 0.3) is 22.3 Å². The summed E-state index contributed by atoms with van der Waals surface area (Å²) in [6, 6.07) is 12.6. The van der Waals surface area contributed by atoms with Crippen molar-refractivity contribution in [1.29, 1.82) is 0 Å². The fourth-order valence-electron chi connectivity index (χ4n) is 4.82. The molecule has 48 heavy (non-hydrogen) atoms. The summed E-state index contributed by atoms with van der Waals surface area (Å²) in [5, 5.41) is 8.05. The van der Waals surface area contributed by atoms with E-state index >= 15 is 0 Å². The van der Waals surface area contributed by atoms with E-state index in [0.717, 1.165) is 4.47 Å². The zero-order valence-electron chi connectivity index (χ0n) is 26.6. The molecule has 2 heterocycles. The minimum Gasteiger partial charge on any atom is -0.496 e. The molecule has 1 atom stereocenters. The highest BCUT2D eigenvalue weighted by atomic mass is 79.9. The Kier molecular flexibility index (Phi) is 11.1. The standard InChI is InChI=1S/C32H33BrN2O11S2/c1-39-21-16-23(40-2)27-24(17-21)45-29(19-14-25(41-3)30(43-5)26(15-19)42-4)31(28(27)36)44-12-6-7-13-47-18-34-35-32(47)46-48(37,38)22-10-8-20(33)9-11-22/h8-11,14-18,47H,6-7,12-13H2,1-5H3. The van der Waals surface area contributed by atoms with Crippen LogP contribution in [0.15, 0.2) is 77.3 Å². The van der Waals surface area contributed by atoms with Crippen LogP contribution in [0.1, 0.15) is 12.8 Å². The van der Waals surface area contributed by atoms with Crippen molar-refractivity contribution in [2.24, 2.45) is 10.2 Å². The van der Waals surface area contributed by atoms with Gasteiger partial charge in [-0.15, -0.1) is 21.1 Å². The number of halogens is 1. The van der Waals surface area contributed by atoms with Crippen molar-refractivity contribution in [3.63, 3.8) is 0 Å². The van der Waals surface area contributed by atoms with E-state index in [9.17, 15) is 13.2 Å². The Balaban J connectivity index is 1.38. The number of nitrogens with zero attached hydrogens (tertiary/aromatic N) is 2. The molecule has 5 rings (SSSR count). The number of methoxy groups -OCH3 is 5. The van der Waals surface area contributed by atoms with Gasteiger partial charge in [0.05, 0.1) is 47.7 Å². The lowest BCUT2D eigenvalue weighted by molar-refractivity contribution is 0.301. The maximum absolute atomic E-state index is 14.0. The van der Waals surface area contributed by atoms with Gasteiger partial charge in [0.25, 0.3) is 5.23 Å². The van der Waals surface area contributed by atoms with Crippen LogP contribution in [0.4, 0.5) is 0 Å². The van der Waals surface area contributed by atoms with Gasteiger partial charge in [-0.3, -0.25) is 4.79 Å². The van der Waals surface area contributed by atoms with Gasteiger partial charge in [0.1, 0.15) is 27.4 Å². The SMILES string of the molecule is COc1cc(OC)c2c(=O)c(OCCCC[SH]3C=NN=C3OS(=O)(=O)c3ccc(Br)cc3)c(-c3cc(OC)c(OC)c(OC)c3)oc2c1. The zero-order chi connectivity index (χ0) is 34.4. The molecule has 0 bridgehead atoms. The molecule has 16 heteroatoms. The molecule has 1 aliphatic rings. The molecule has 0 saturated heterocycles. The summed E-state index contributed by atoms with van der Waals surface area (Å²) in [7, 11) is 2.13. The molecule has 1 unspecified atom stereocenters. The van der Waals surface area contributed by atoms with Gasteiger partial charge in [0, 0.05) is 22.2 Å². The van der Waals surface area contributed by atoms with E-state index in [1.54, 1.807) is 41.9 Å². The van der Waals surface area contributed by atoms with E-state index in [-0.39, 0.29) is 45.0 Å². The number of hydrogen-bond acceptors (Lipinski definition) is 13. The van der Waals surface area contributed by atoms with Crippen LogP contribution >= 0.6 is 26.8 Å². The summed E-state index contributed by atoms with van der Waals surface area (Å²) in [6.07, 6.45) is 1.10. The summed E-state index contributed by atoms with van der Waals surface area (Å²) in [4.78, 5) is 14.0. The molecule has 0 fully saturated rings. The maximum atomic E-state index is 14.0. The van der Waals surface area contributed by atoms with Crippen LogP contribution in [-0.4, -0.2) is 67.1 Å². The molecule has 0 saturated carbocycles. The normalized spacial score (nSPS) is 14.8. The third-order valence-electron chi connectivity index (χ3n) is 7.18. The van der Waals surface area contributed by atoms with Crippen molar-refractivity contribution < 1.29 is 45.4 Å². The van der Waals surface area contributed by atoms with E-state index < -0.39 is 26.4 Å². The van der Waals surface area contributed by atoms with Gasteiger partial charge in [-0.2, -0.15) is 8.42 Å². The Bertz CT molecular complexity index is 2010. The number of unbranched alkanes of at least 4 members (excludes halogenated alkanes) is 1. The number of ether oxygens (including phenoxy) is 6. The minimum atomic E-state index is -4.07. The van der Waals surface area contributed by atoms with Crippen molar-refractivity contribution in [1.82, 2.24) is 0 Å². The molecule has 0 N–H and O–H groups in total. The van der Waals surface area contributed by atoms with Crippen molar-refractivity contribution in [3.8, 4) is 45.8 Å². The van der Waals surface area contributed by atoms with Gasteiger partial charge in [-0.05, 0) is 55.0 Å². The van der Waals surface area contributed by atoms with Crippen molar-refractivity contribution in [2.75, 3.05) is 47.9 Å². The summed E-state index contributed by atoms with van der Waals surface area (Å²) in [5.74, 6) is 2.39. The van der Waals surface area contributed by atoms with Gasteiger partial charge in [0.15, 0.2) is 17.3 Å². The second-order valence-electron chi connectivity index (χ2n) is 10.1. The van der Waals surface area contributed by atoms with Crippen molar-refractivity contribution >= 4 is 58.7 Å². The van der Waals surface area contributed by atoms with Crippen LogP contribution in [0.2, 0.25) is 0 Å². The Labute approximate surface area is 288 Å². The smallest absolute Gasteiger partial charge is 0.341 e. The summed E-state index contributed by atoms with van der Waals surface area (Å²) in [5.41, 5.74) is 1.81. The number of rotatable bonds is 14. The molecule has 1 aliphatic heterocycles. The predicted molar refractivity (Wildman–Crippen MR) is 188 cm³/mol. The lowest BCUT2D eigenvalue weighted by Gasteiger charge is -2.17. The lowest BCUT2D eigenvalue weighted by atomic mass is 10.1. The van der Waals surface area contributed by atoms with Crippen LogP contribution in [0, 0.1) is 0 Å². The quantitative estimate of drug-likeness (QED) is 0.0895. The highest BCUT2D eigenvalue weighted by molar-refractivity contribution is 9.10. The fraction of sp³-hybridized carbons (Fsp3) is 0.281. The first kappa shape index (κ1) is 34.9. The third kappa shape index (κ3) is 7.34. The Morgan fingerprint density at radius 3 is 2.15 bits per heavy atom. The predicted octanol–water partition coefficient (Wildman–Crippen LogP) is 6.14. The van der Waals surface area contributed by atoms with Gasteiger partial charge in [-0.25, -0.2) is 0 Å². The highest BCUT2D eigenvalue weighted by Gasteiger charge is 2.26. The number of benzene rings is 3. The first-order valence-corrected chi connectivity index (χ1v) is 18.2. The second kappa shape index (κ2) is 15.2. The molecule has 256 valence electrons. The Morgan fingerprint density at radius 1 is 0.833 bits per heavy atom. The molecular weight excluding hydrogens is 732 g/mol. The van der Waals surface area contributed by atoms with Crippen LogP contribution in [0.5, 0.6) is 34.5 Å². The van der Waals surface area contributed by atoms with E-state index in [4.69, 9.17) is 37.0 Å². The molecule has 0 spiro atoms. The van der Waals surface area contributed by atoms with E-state index in [2.05, 4.69) is 26.1 Å². The lowest BCUT2D eigenvalue weighted by Crippen LogP contribution is -2.14. The number of hydrogen-bond donors (Lipinski definition) is 1. The summed E-state index contributed by atoms with van der Waals surface area (Å²) >= 11 is 3.29. The van der Waals surface area contributed by atoms with Crippen LogP contribution in [-0.2, 0) is 14.3 Å². The monoisotopic (exact) mass is 764 g/mol. The number of fused-ring (bicyclic) bond motifs is 1. The summed E-state index contributed by atoms with van der Waals surface area (Å²) < 4.78 is 71.5. The summed E-state index contributed by atoms with van der Waals surface area (Å²) in [6.45, 7) is 0.136. The highest BCUT2D eigenvalue weighted by Crippen LogP contribution is 2.44. The van der Waals surface area contributed by atoms with E-state index in [0.29, 0.717) is 47.2 Å². The van der Waals surface area contributed by atoms with E-state index in [1.807, 2.05) is 0 Å². The third-order valence-corrected chi connectivity index (χ3v) is 10.9. The minimum absolute atomic E-state index is 0.0100. The first-order chi connectivity index (χ1) is 23.1. The van der Waals surface area contributed by atoms with Gasteiger partial charge >= 0.3 is 10.1 Å². The first-order valence-electron chi connectivity index (χ1n) is 14.4. The van der Waals surface area contributed by atoms with Crippen molar-refractivity contribution in [3.05, 3.63) is 63.2 Å². The van der Waals surface area contributed by atoms with Crippen molar-refractivity contribution in [2.45, 2.75) is 17.7 Å². The topological polar surface area (TPSA) is 154 Å². The average molecular weight is 766 g/mol. The molecule has 1 aromatic heterocycles. The van der Waals surface area contributed by atoms with Crippen LogP contribution in [0.3, 0.4) is 0 Å². The van der Waals surface area contributed by atoms with E-state index in [1.165, 1.54) is 47.7 Å². The molecule has 3 aromatic carbocycles. The second-order valence-corrected chi connectivity index (χ2v) is 14.5. The maximum Gasteiger partial charge on any atom is 0.341 e. The number of thiol groups is 1. The average Bonchev–Trinajstić information content (AvgIpc) is 3.53. The molecule has 0 aliphatic carbocycles. The zero-order valence-corrected chi connectivity index (χ0v) is 29.9. The largest absolute Gasteiger partial charge is 0.496 e. The Hall–Kier alpha value is -4.41. The fourth-order valence-corrected chi connectivity index (χ4v) is 7.87. The van der Waals surface area contributed by atoms with Gasteiger partial charge in [0.2, 0.25) is 16.9 Å². The molecule has 0 radical (unpaired) electrons. The molecular formula is C32H33BrN2O11S2. The molecule has 13 nitrogen and oxygen atoms in total. The van der Waals surface area contributed by atoms with Gasteiger partial charge < -0.3 is 37.0 Å². The Morgan fingerprint density at radius 2 is 1.52 bits per heavy atom. The molecule has 4 aromatic rings. The van der Waals surface area contributed by atoms with Crippen LogP contribution < -0.4 is 33.8 Å². The molecule has 0 amide bonds. The van der Waals surface area contributed by atoms with Gasteiger partial charge in [-0.1, -0.05) is 15.9 Å².